The fourth-order valence-corrected chi connectivity index (χ4v) is 1.71. The van der Waals surface area contributed by atoms with Gasteiger partial charge in [0.2, 0.25) is 0 Å². The van der Waals surface area contributed by atoms with Crippen LogP contribution >= 0.6 is 15.9 Å². The van der Waals surface area contributed by atoms with Crippen molar-refractivity contribution in [2.24, 2.45) is 0 Å². The molecule has 0 aromatic heterocycles. The predicted molar refractivity (Wildman–Crippen MR) is 74.7 cm³/mol. The highest BCUT2D eigenvalue weighted by molar-refractivity contribution is 9.10. The summed E-state index contributed by atoms with van der Waals surface area (Å²) in [6.45, 7) is 2.38. The molecule has 0 aliphatic heterocycles. The van der Waals surface area contributed by atoms with Crippen LogP contribution in [0.4, 0.5) is 0 Å². The van der Waals surface area contributed by atoms with Crippen LogP contribution in [0, 0.1) is 0 Å². The number of esters is 2. The van der Waals surface area contributed by atoms with Gasteiger partial charge in [0, 0.05) is 10.9 Å². The lowest BCUT2D eigenvalue weighted by molar-refractivity contribution is -0.150. The van der Waals surface area contributed by atoms with Crippen molar-refractivity contribution in [3.63, 3.8) is 0 Å². The van der Waals surface area contributed by atoms with E-state index in [0.717, 1.165) is 10.0 Å². The molecule has 0 amide bonds. The quantitative estimate of drug-likeness (QED) is 0.722. The Hall–Kier alpha value is -1.36. The van der Waals surface area contributed by atoms with E-state index in [1.807, 2.05) is 24.3 Å². The van der Waals surface area contributed by atoms with E-state index >= 15 is 0 Å². The number of ether oxygens (including phenoxy) is 2. The first-order valence-electron chi connectivity index (χ1n) is 6.17. The zero-order valence-corrected chi connectivity index (χ0v) is 12.4. The molecule has 0 bridgehead atoms. The van der Waals surface area contributed by atoms with Crippen LogP contribution in [0.1, 0.15) is 25.3 Å². The van der Waals surface area contributed by atoms with Gasteiger partial charge in [-0.25, -0.2) is 0 Å². The third-order valence-electron chi connectivity index (χ3n) is 2.41. The summed E-state index contributed by atoms with van der Waals surface area (Å²) < 4.78 is 10.8. The lowest BCUT2D eigenvalue weighted by Crippen LogP contribution is -2.11. The number of hydrogen-bond donors (Lipinski definition) is 0. The Morgan fingerprint density at radius 2 is 1.63 bits per heavy atom. The van der Waals surface area contributed by atoms with Crippen molar-refractivity contribution in [2.45, 2.75) is 26.2 Å². The van der Waals surface area contributed by atoms with E-state index in [0.29, 0.717) is 19.6 Å². The molecule has 104 valence electrons. The highest BCUT2D eigenvalue weighted by atomic mass is 79.9. The average molecular weight is 329 g/mol. The molecule has 0 N–H and O–H groups in total. The molecule has 0 atom stereocenters. The van der Waals surface area contributed by atoms with Gasteiger partial charge in [-0.05, 0) is 24.6 Å². The van der Waals surface area contributed by atoms with E-state index in [1.54, 1.807) is 6.92 Å². The molecule has 0 heterocycles. The summed E-state index contributed by atoms with van der Waals surface area (Å²) in [4.78, 5) is 22.4. The second kappa shape index (κ2) is 8.69. The summed E-state index contributed by atoms with van der Waals surface area (Å²) in [7, 11) is 0. The standard InChI is InChI=1S/C14H17BrO4/c1-2-18-13(16)7-8-14(17)19-10-9-11-3-5-12(15)6-4-11/h3-6H,2,7-10H2,1H3. The number of benzene rings is 1. The largest absolute Gasteiger partial charge is 0.466 e. The lowest BCUT2D eigenvalue weighted by Gasteiger charge is -2.05. The number of carbonyl (C=O) groups is 2. The van der Waals surface area contributed by atoms with Crippen molar-refractivity contribution in [2.75, 3.05) is 13.2 Å². The summed E-state index contributed by atoms with van der Waals surface area (Å²) in [5.41, 5.74) is 1.10. The fraction of sp³-hybridized carbons (Fsp3) is 0.429. The minimum Gasteiger partial charge on any atom is -0.466 e. The first-order chi connectivity index (χ1) is 9.11. The smallest absolute Gasteiger partial charge is 0.306 e. The maximum atomic E-state index is 11.4. The maximum Gasteiger partial charge on any atom is 0.306 e. The van der Waals surface area contributed by atoms with Gasteiger partial charge in [0.15, 0.2) is 0 Å². The molecule has 0 spiro atoms. The Balaban J connectivity index is 2.16. The second-order valence-corrected chi connectivity index (χ2v) is 4.82. The first kappa shape index (κ1) is 15.7. The first-order valence-corrected chi connectivity index (χ1v) is 6.96. The van der Waals surface area contributed by atoms with Crippen molar-refractivity contribution in [1.82, 2.24) is 0 Å². The van der Waals surface area contributed by atoms with Gasteiger partial charge in [-0.1, -0.05) is 28.1 Å². The predicted octanol–water partition coefficient (Wildman–Crippen LogP) is 2.88. The Morgan fingerprint density at radius 1 is 1.05 bits per heavy atom. The molecule has 19 heavy (non-hydrogen) atoms. The molecule has 1 aromatic carbocycles. The topological polar surface area (TPSA) is 52.6 Å². The van der Waals surface area contributed by atoms with Crippen LogP contribution in [-0.4, -0.2) is 25.2 Å². The Labute approximate surface area is 121 Å². The van der Waals surface area contributed by atoms with E-state index in [1.165, 1.54) is 0 Å². The van der Waals surface area contributed by atoms with Crippen molar-refractivity contribution in [3.05, 3.63) is 34.3 Å². The van der Waals surface area contributed by atoms with Crippen LogP contribution in [0.25, 0.3) is 0 Å². The molecular formula is C14H17BrO4. The van der Waals surface area contributed by atoms with Crippen LogP contribution in [0.2, 0.25) is 0 Å². The molecule has 4 nitrogen and oxygen atoms in total. The average Bonchev–Trinajstić information content (AvgIpc) is 2.39. The van der Waals surface area contributed by atoms with Crippen molar-refractivity contribution >= 4 is 27.9 Å². The number of carbonyl (C=O) groups excluding carboxylic acids is 2. The Morgan fingerprint density at radius 3 is 2.21 bits per heavy atom. The van der Waals surface area contributed by atoms with Gasteiger partial charge < -0.3 is 9.47 Å². The highest BCUT2D eigenvalue weighted by Gasteiger charge is 2.08. The third-order valence-corrected chi connectivity index (χ3v) is 2.93. The maximum absolute atomic E-state index is 11.4. The summed E-state index contributed by atoms with van der Waals surface area (Å²) >= 11 is 3.35. The van der Waals surface area contributed by atoms with E-state index in [9.17, 15) is 9.59 Å². The van der Waals surface area contributed by atoms with Crippen molar-refractivity contribution in [3.8, 4) is 0 Å². The van der Waals surface area contributed by atoms with Gasteiger partial charge in [-0.2, -0.15) is 0 Å². The molecule has 0 aliphatic rings. The molecule has 1 aromatic rings. The zero-order chi connectivity index (χ0) is 14.1. The van der Waals surface area contributed by atoms with Crippen LogP contribution in [-0.2, 0) is 25.5 Å². The van der Waals surface area contributed by atoms with Gasteiger partial charge in [0.1, 0.15) is 0 Å². The van der Waals surface area contributed by atoms with Crippen LogP contribution in [0.3, 0.4) is 0 Å². The fourth-order valence-electron chi connectivity index (χ4n) is 1.44. The van der Waals surface area contributed by atoms with Gasteiger partial charge in [-0.3, -0.25) is 9.59 Å². The number of rotatable bonds is 7. The summed E-state index contributed by atoms with van der Waals surface area (Å²) in [6, 6.07) is 7.82. The molecule has 0 radical (unpaired) electrons. The molecule has 0 unspecified atom stereocenters. The molecule has 0 fully saturated rings. The van der Waals surface area contributed by atoms with Crippen molar-refractivity contribution < 1.29 is 19.1 Å². The summed E-state index contributed by atoms with van der Waals surface area (Å²) in [5, 5.41) is 0. The molecule has 0 saturated heterocycles. The van der Waals surface area contributed by atoms with E-state index in [2.05, 4.69) is 15.9 Å². The molecular weight excluding hydrogens is 312 g/mol. The van der Waals surface area contributed by atoms with Crippen LogP contribution in [0.15, 0.2) is 28.7 Å². The van der Waals surface area contributed by atoms with E-state index in [-0.39, 0.29) is 24.8 Å². The Kier molecular flexibility index (Phi) is 7.18. The van der Waals surface area contributed by atoms with Crippen LogP contribution in [0.5, 0.6) is 0 Å². The molecule has 0 saturated carbocycles. The molecule has 5 heteroatoms. The summed E-state index contributed by atoms with van der Waals surface area (Å²) in [5.74, 6) is -0.738. The lowest BCUT2D eigenvalue weighted by atomic mass is 10.2. The van der Waals surface area contributed by atoms with Gasteiger partial charge in [-0.15, -0.1) is 0 Å². The Bertz CT molecular complexity index is 414. The third kappa shape index (κ3) is 6.96. The summed E-state index contributed by atoms with van der Waals surface area (Å²) in [6.07, 6.45) is 0.808. The SMILES string of the molecule is CCOC(=O)CCC(=O)OCCc1ccc(Br)cc1. The molecule has 0 aliphatic carbocycles. The number of hydrogen-bond acceptors (Lipinski definition) is 4. The monoisotopic (exact) mass is 328 g/mol. The molecule has 1 rings (SSSR count). The normalized spacial score (nSPS) is 10.0. The van der Waals surface area contributed by atoms with E-state index in [4.69, 9.17) is 9.47 Å². The highest BCUT2D eigenvalue weighted by Crippen LogP contribution is 2.11. The minimum atomic E-state index is -0.370. The van der Waals surface area contributed by atoms with E-state index < -0.39 is 0 Å². The van der Waals surface area contributed by atoms with Crippen molar-refractivity contribution in [1.29, 1.82) is 0 Å². The minimum absolute atomic E-state index is 0.0686. The van der Waals surface area contributed by atoms with Gasteiger partial charge >= 0.3 is 11.9 Å². The van der Waals surface area contributed by atoms with Gasteiger partial charge in [0.05, 0.1) is 26.1 Å². The zero-order valence-electron chi connectivity index (χ0n) is 10.9. The second-order valence-electron chi connectivity index (χ2n) is 3.90. The van der Waals surface area contributed by atoms with Crippen LogP contribution < -0.4 is 0 Å². The van der Waals surface area contributed by atoms with Gasteiger partial charge in [0.25, 0.3) is 0 Å². The number of halogens is 1.